The summed E-state index contributed by atoms with van der Waals surface area (Å²) in [5.74, 6) is 0.834. The molecule has 128 valence electrons. The average molecular weight is 343 g/mol. The van der Waals surface area contributed by atoms with Crippen molar-refractivity contribution in [1.82, 2.24) is 14.5 Å². The largest absolute Gasteiger partial charge is 0.497 e. The molecule has 0 fully saturated rings. The third-order valence-corrected chi connectivity index (χ3v) is 5.07. The van der Waals surface area contributed by atoms with Crippen molar-refractivity contribution < 1.29 is 4.74 Å². The summed E-state index contributed by atoms with van der Waals surface area (Å²) >= 11 is 0. The molecule has 2 aromatic carbocycles. The fraction of sp³-hybridized carbons (Fsp3) is 0.143. The first kappa shape index (κ1) is 15.0. The number of hydrogen-bond donors (Lipinski definition) is 1. The molecule has 0 radical (unpaired) electrons. The number of H-pyrrole nitrogens is 1. The molecule has 0 bridgehead atoms. The first-order valence-corrected chi connectivity index (χ1v) is 8.60. The average Bonchev–Trinajstić information content (AvgIpc) is 3.06. The van der Waals surface area contributed by atoms with E-state index in [2.05, 4.69) is 20.6 Å². The van der Waals surface area contributed by atoms with E-state index in [0.29, 0.717) is 5.56 Å². The SMILES string of the molecule is COc1ccc2[nH]c3c(c2c1)CCn1cnc(=O)c(-c2ccccc2)c1-3. The molecule has 3 heterocycles. The van der Waals surface area contributed by atoms with Crippen molar-refractivity contribution >= 4 is 10.9 Å². The molecule has 5 heteroatoms. The minimum Gasteiger partial charge on any atom is -0.497 e. The molecule has 0 aliphatic carbocycles. The Morgan fingerprint density at radius 1 is 1.15 bits per heavy atom. The van der Waals surface area contributed by atoms with Gasteiger partial charge in [-0.15, -0.1) is 0 Å². The zero-order chi connectivity index (χ0) is 17.7. The van der Waals surface area contributed by atoms with Gasteiger partial charge in [-0.3, -0.25) is 4.79 Å². The quantitative estimate of drug-likeness (QED) is 0.605. The van der Waals surface area contributed by atoms with Crippen LogP contribution in [0.5, 0.6) is 5.75 Å². The lowest BCUT2D eigenvalue weighted by Crippen LogP contribution is -2.21. The van der Waals surface area contributed by atoms with E-state index in [-0.39, 0.29) is 5.56 Å². The molecule has 4 aromatic rings. The number of nitrogens with one attached hydrogen (secondary N) is 1. The standard InChI is InChI=1S/C21H17N3O2/c1-26-14-7-8-17-16(11-14)15-9-10-24-12-22-21(25)18(20(24)19(15)23-17)13-5-3-2-4-6-13/h2-8,11-12,23H,9-10H2,1H3. The third kappa shape index (κ3) is 2.10. The molecular weight excluding hydrogens is 326 g/mol. The summed E-state index contributed by atoms with van der Waals surface area (Å²) in [7, 11) is 1.67. The number of aromatic amines is 1. The Labute approximate surface area is 149 Å². The van der Waals surface area contributed by atoms with E-state index in [9.17, 15) is 4.79 Å². The number of hydrogen-bond acceptors (Lipinski definition) is 3. The summed E-state index contributed by atoms with van der Waals surface area (Å²) in [4.78, 5) is 20.3. The maximum Gasteiger partial charge on any atom is 0.281 e. The Kier molecular flexibility index (Phi) is 3.22. The second-order valence-electron chi connectivity index (χ2n) is 6.47. The Morgan fingerprint density at radius 2 is 2.00 bits per heavy atom. The molecule has 0 amide bonds. The van der Waals surface area contributed by atoms with Gasteiger partial charge in [0, 0.05) is 17.4 Å². The number of rotatable bonds is 2. The molecule has 1 aliphatic heterocycles. The molecule has 0 spiro atoms. The summed E-state index contributed by atoms with van der Waals surface area (Å²) in [6.07, 6.45) is 2.54. The van der Waals surface area contributed by atoms with Crippen molar-refractivity contribution in [3.05, 3.63) is 70.8 Å². The number of aryl methyl sites for hydroxylation is 2. The summed E-state index contributed by atoms with van der Waals surface area (Å²) in [6, 6.07) is 15.8. The number of methoxy groups -OCH3 is 1. The molecule has 26 heavy (non-hydrogen) atoms. The van der Waals surface area contributed by atoms with Gasteiger partial charge in [-0.05, 0) is 35.7 Å². The van der Waals surface area contributed by atoms with Gasteiger partial charge < -0.3 is 14.3 Å². The smallest absolute Gasteiger partial charge is 0.281 e. The van der Waals surface area contributed by atoms with Crippen LogP contribution in [0.3, 0.4) is 0 Å². The number of aromatic nitrogens is 3. The molecule has 5 nitrogen and oxygen atoms in total. The molecule has 1 N–H and O–H groups in total. The maximum absolute atomic E-state index is 12.7. The van der Waals surface area contributed by atoms with Gasteiger partial charge in [-0.25, -0.2) is 0 Å². The second-order valence-corrected chi connectivity index (χ2v) is 6.47. The minimum atomic E-state index is -0.202. The number of nitrogens with zero attached hydrogens (tertiary/aromatic N) is 2. The van der Waals surface area contributed by atoms with Crippen LogP contribution in [0.25, 0.3) is 33.4 Å². The van der Waals surface area contributed by atoms with Crippen LogP contribution < -0.4 is 10.3 Å². The third-order valence-electron chi connectivity index (χ3n) is 5.07. The van der Waals surface area contributed by atoms with Crippen molar-refractivity contribution in [2.75, 3.05) is 7.11 Å². The second kappa shape index (κ2) is 5.59. The molecule has 0 saturated carbocycles. The van der Waals surface area contributed by atoms with Crippen molar-refractivity contribution in [2.24, 2.45) is 0 Å². The van der Waals surface area contributed by atoms with Crippen LogP contribution in [0.4, 0.5) is 0 Å². The normalized spacial score (nSPS) is 12.7. The van der Waals surface area contributed by atoms with Gasteiger partial charge >= 0.3 is 0 Å². The summed E-state index contributed by atoms with van der Waals surface area (Å²) < 4.78 is 7.45. The fourth-order valence-corrected chi connectivity index (χ4v) is 3.84. The first-order valence-electron chi connectivity index (χ1n) is 8.60. The van der Waals surface area contributed by atoms with Crippen molar-refractivity contribution in [3.63, 3.8) is 0 Å². The van der Waals surface area contributed by atoms with Crippen LogP contribution in [-0.4, -0.2) is 21.6 Å². The van der Waals surface area contributed by atoms with Crippen LogP contribution in [0, 0.1) is 0 Å². The lowest BCUT2D eigenvalue weighted by molar-refractivity contribution is 0.415. The lowest BCUT2D eigenvalue weighted by Gasteiger charge is -2.21. The predicted octanol–water partition coefficient (Wildman–Crippen LogP) is 3.62. The van der Waals surface area contributed by atoms with Gasteiger partial charge in [0.15, 0.2) is 0 Å². The molecular formula is C21H17N3O2. The van der Waals surface area contributed by atoms with Crippen molar-refractivity contribution in [3.8, 4) is 28.3 Å². The van der Waals surface area contributed by atoms with Gasteiger partial charge in [0.25, 0.3) is 5.56 Å². The van der Waals surface area contributed by atoms with Gasteiger partial charge in [0.05, 0.1) is 30.4 Å². The van der Waals surface area contributed by atoms with E-state index in [1.54, 1.807) is 13.4 Å². The summed E-state index contributed by atoms with van der Waals surface area (Å²) in [6.45, 7) is 0.791. The van der Waals surface area contributed by atoms with Crippen LogP contribution in [0.2, 0.25) is 0 Å². The van der Waals surface area contributed by atoms with Gasteiger partial charge in [0.1, 0.15) is 5.75 Å². The monoisotopic (exact) mass is 343 g/mol. The highest BCUT2D eigenvalue weighted by atomic mass is 16.5. The highest BCUT2D eigenvalue weighted by Gasteiger charge is 2.25. The van der Waals surface area contributed by atoms with Crippen LogP contribution >= 0.6 is 0 Å². The number of fused-ring (bicyclic) bond motifs is 5. The van der Waals surface area contributed by atoms with E-state index in [1.165, 1.54) is 5.56 Å². The fourth-order valence-electron chi connectivity index (χ4n) is 3.84. The minimum absolute atomic E-state index is 0.202. The van der Waals surface area contributed by atoms with E-state index in [0.717, 1.165) is 46.6 Å². The molecule has 2 aromatic heterocycles. The molecule has 0 saturated heterocycles. The first-order chi connectivity index (χ1) is 12.8. The molecule has 5 rings (SSSR count). The highest BCUT2D eigenvalue weighted by molar-refractivity contribution is 5.94. The van der Waals surface area contributed by atoms with Crippen molar-refractivity contribution in [1.29, 1.82) is 0 Å². The Bertz CT molecular complexity index is 1190. The zero-order valence-electron chi connectivity index (χ0n) is 14.3. The van der Waals surface area contributed by atoms with E-state index < -0.39 is 0 Å². The predicted molar refractivity (Wildman–Crippen MR) is 101 cm³/mol. The molecule has 0 unspecified atom stereocenters. The zero-order valence-corrected chi connectivity index (χ0v) is 14.3. The van der Waals surface area contributed by atoms with Gasteiger partial charge in [-0.1, -0.05) is 30.3 Å². The lowest BCUT2D eigenvalue weighted by atomic mass is 9.96. The van der Waals surface area contributed by atoms with Gasteiger partial charge in [-0.2, -0.15) is 4.98 Å². The molecule has 0 atom stereocenters. The topological polar surface area (TPSA) is 59.9 Å². The highest BCUT2D eigenvalue weighted by Crippen LogP contribution is 2.39. The Hall–Kier alpha value is -3.34. The van der Waals surface area contributed by atoms with E-state index in [1.807, 2.05) is 42.5 Å². The molecule has 1 aliphatic rings. The number of benzene rings is 2. The van der Waals surface area contributed by atoms with Gasteiger partial charge in [0.2, 0.25) is 0 Å². The van der Waals surface area contributed by atoms with Crippen molar-refractivity contribution in [2.45, 2.75) is 13.0 Å². The van der Waals surface area contributed by atoms with Crippen LogP contribution in [0.1, 0.15) is 5.56 Å². The Morgan fingerprint density at radius 3 is 2.81 bits per heavy atom. The van der Waals surface area contributed by atoms with E-state index >= 15 is 0 Å². The van der Waals surface area contributed by atoms with Crippen LogP contribution in [0.15, 0.2) is 59.7 Å². The number of ether oxygens (including phenoxy) is 1. The Balaban J connectivity index is 1.85. The van der Waals surface area contributed by atoms with Crippen LogP contribution in [-0.2, 0) is 13.0 Å². The van der Waals surface area contributed by atoms with E-state index in [4.69, 9.17) is 4.74 Å². The maximum atomic E-state index is 12.7. The summed E-state index contributed by atoms with van der Waals surface area (Å²) in [5.41, 5.74) is 5.51. The summed E-state index contributed by atoms with van der Waals surface area (Å²) in [5, 5.41) is 1.15.